The van der Waals surface area contributed by atoms with E-state index in [0.717, 1.165) is 11.6 Å². The first kappa shape index (κ1) is 14.9. The first-order valence-corrected chi connectivity index (χ1v) is 6.67. The zero-order valence-electron chi connectivity index (χ0n) is 11.0. The van der Waals surface area contributed by atoms with Gasteiger partial charge in [0.1, 0.15) is 5.75 Å². The van der Waals surface area contributed by atoms with E-state index in [4.69, 9.17) is 4.74 Å². The van der Waals surface area contributed by atoms with Crippen molar-refractivity contribution in [2.45, 2.75) is 6.04 Å². The van der Waals surface area contributed by atoms with Crippen LogP contribution in [0.1, 0.15) is 17.2 Å². The molecule has 2 aromatic rings. The van der Waals surface area contributed by atoms with E-state index in [9.17, 15) is 8.78 Å². The predicted molar refractivity (Wildman–Crippen MR) is 75.7 cm³/mol. The molecule has 0 aliphatic carbocycles. The largest absolute Gasteiger partial charge is 0.495 e. The van der Waals surface area contributed by atoms with Gasteiger partial charge in [0.25, 0.3) is 0 Å². The molecule has 2 rings (SSSR count). The lowest BCUT2D eigenvalue weighted by Gasteiger charge is -2.19. The van der Waals surface area contributed by atoms with Crippen LogP contribution in [0, 0.1) is 11.6 Å². The summed E-state index contributed by atoms with van der Waals surface area (Å²) >= 11 is 3.10. The molecule has 20 heavy (non-hydrogen) atoms. The lowest BCUT2D eigenvalue weighted by atomic mass is 10.00. The monoisotopic (exact) mass is 342 g/mol. The molecule has 1 aromatic heterocycles. The summed E-state index contributed by atoms with van der Waals surface area (Å²) in [6, 6.07) is 4.10. The van der Waals surface area contributed by atoms with Crippen LogP contribution in [0.25, 0.3) is 0 Å². The number of halogens is 3. The molecule has 0 saturated heterocycles. The van der Waals surface area contributed by atoms with Gasteiger partial charge >= 0.3 is 0 Å². The lowest BCUT2D eigenvalue weighted by molar-refractivity contribution is 0.411. The molecule has 106 valence electrons. The van der Waals surface area contributed by atoms with Gasteiger partial charge in [0.15, 0.2) is 11.6 Å². The van der Waals surface area contributed by atoms with E-state index in [1.54, 1.807) is 32.6 Å². The second kappa shape index (κ2) is 6.28. The number of rotatable bonds is 4. The van der Waals surface area contributed by atoms with E-state index < -0.39 is 11.6 Å². The molecule has 6 heteroatoms. The van der Waals surface area contributed by atoms with Crippen molar-refractivity contribution in [3.63, 3.8) is 0 Å². The fraction of sp³-hybridized carbons (Fsp3) is 0.214. The van der Waals surface area contributed by atoms with Crippen LogP contribution in [-0.4, -0.2) is 19.1 Å². The van der Waals surface area contributed by atoms with Gasteiger partial charge in [-0.05, 0) is 46.2 Å². The Bertz CT molecular complexity index is 622. The summed E-state index contributed by atoms with van der Waals surface area (Å²) in [6.07, 6.45) is 3.23. The molecule has 0 aliphatic rings. The molecule has 1 unspecified atom stereocenters. The molecule has 0 bridgehead atoms. The summed E-state index contributed by atoms with van der Waals surface area (Å²) in [5.41, 5.74) is 1.38. The van der Waals surface area contributed by atoms with Crippen molar-refractivity contribution in [1.82, 2.24) is 10.3 Å². The molecule has 0 saturated carbocycles. The second-order valence-electron chi connectivity index (χ2n) is 4.14. The maximum atomic E-state index is 13.7. The molecule has 1 N–H and O–H groups in total. The Morgan fingerprint density at radius 2 is 2.05 bits per heavy atom. The number of aromatic nitrogens is 1. The third-order valence-electron chi connectivity index (χ3n) is 2.97. The molecule has 0 fully saturated rings. The van der Waals surface area contributed by atoms with E-state index >= 15 is 0 Å². The van der Waals surface area contributed by atoms with E-state index in [-0.39, 0.29) is 10.5 Å². The fourth-order valence-electron chi connectivity index (χ4n) is 1.97. The highest BCUT2D eigenvalue weighted by atomic mass is 79.9. The van der Waals surface area contributed by atoms with Crippen LogP contribution in [-0.2, 0) is 0 Å². The maximum Gasteiger partial charge on any atom is 0.173 e. The quantitative estimate of drug-likeness (QED) is 0.864. The van der Waals surface area contributed by atoms with Crippen LogP contribution in [0.5, 0.6) is 5.75 Å². The number of nitrogens with one attached hydrogen (secondary N) is 1. The molecule has 3 nitrogen and oxygen atoms in total. The van der Waals surface area contributed by atoms with E-state index in [0.29, 0.717) is 11.3 Å². The third-order valence-corrected chi connectivity index (χ3v) is 3.77. The highest BCUT2D eigenvalue weighted by Crippen LogP contribution is 2.32. The van der Waals surface area contributed by atoms with Gasteiger partial charge in [0.2, 0.25) is 0 Å². The Hall–Kier alpha value is -1.53. The van der Waals surface area contributed by atoms with Crippen LogP contribution in [0.4, 0.5) is 8.78 Å². The first-order chi connectivity index (χ1) is 9.58. The minimum absolute atomic E-state index is 0.0969. The van der Waals surface area contributed by atoms with Gasteiger partial charge in [0.05, 0.1) is 23.8 Å². The molecule has 1 heterocycles. The zero-order chi connectivity index (χ0) is 14.7. The lowest BCUT2D eigenvalue weighted by Crippen LogP contribution is -2.19. The molecule has 0 amide bonds. The van der Waals surface area contributed by atoms with E-state index in [2.05, 4.69) is 26.2 Å². The van der Waals surface area contributed by atoms with Crippen molar-refractivity contribution in [2.75, 3.05) is 14.2 Å². The Balaban J connectivity index is 2.49. The highest BCUT2D eigenvalue weighted by Gasteiger charge is 2.20. The number of pyridine rings is 1. The molecule has 0 aliphatic heterocycles. The fourth-order valence-corrected chi connectivity index (χ4v) is 2.52. The molecule has 0 spiro atoms. The summed E-state index contributed by atoms with van der Waals surface area (Å²) < 4.78 is 32.1. The van der Waals surface area contributed by atoms with Gasteiger partial charge < -0.3 is 10.1 Å². The van der Waals surface area contributed by atoms with Gasteiger partial charge in [-0.1, -0.05) is 6.07 Å². The van der Waals surface area contributed by atoms with Crippen molar-refractivity contribution >= 4 is 15.9 Å². The van der Waals surface area contributed by atoms with Crippen LogP contribution in [0.15, 0.2) is 35.1 Å². The molecule has 1 atom stereocenters. The molecule has 0 radical (unpaired) electrons. The Morgan fingerprint density at radius 1 is 1.30 bits per heavy atom. The highest BCUT2D eigenvalue weighted by molar-refractivity contribution is 9.10. The van der Waals surface area contributed by atoms with Crippen molar-refractivity contribution in [3.05, 3.63) is 57.8 Å². The van der Waals surface area contributed by atoms with Gasteiger partial charge in [0, 0.05) is 6.20 Å². The maximum absolute atomic E-state index is 13.7. The first-order valence-electron chi connectivity index (χ1n) is 5.88. The third kappa shape index (κ3) is 2.81. The molecular formula is C14H13BrF2N2O. The summed E-state index contributed by atoms with van der Waals surface area (Å²) in [7, 11) is 3.28. The normalized spacial score (nSPS) is 12.2. The Morgan fingerprint density at radius 3 is 2.70 bits per heavy atom. The van der Waals surface area contributed by atoms with Crippen molar-refractivity contribution in [2.24, 2.45) is 0 Å². The van der Waals surface area contributed by atoms with Crippen molar-refractivity contribution in [3.8, 4) is 5.75 Å². The molecular weight excluding hydrogens is 330 g/mol. The second-order valence-corrected chi connectivity index (χ2v) is 4.94. The average Bonchev–Trinajstić information content (AvgIpc) is 2.48. The van der Waals surface area contributed by atoms with Crippen molar-refractivity contribution < 1.29 is 13.5 Å². The Kier molecular flexibility index (Phi) is 4.67. The number of hydrogen-bond acceptors (Lipinski definition) is 3. The van der Waals surface area contributed by atoms with Gasteiger partial charge in [-0.15, -0.1) is 0 Å². The van der Waals surface area contributed by atoms with Crippen molar-refractivity contribution in [1.29, 1.82) is 0 Å². The average molecular weight is 343 g/mol. The van der Waals surface area contributed by atoms with Gasteiger partial charge in [-0.3, -0.25) is 4.98 Å². The zero-order valence-corrected chi connectivity index (χ0v) is 12.5. The summed E-state index contributed by atoms with van der Waals surface area (Å²) in [6.45, 7) is 0. The summed E-state index contributed by atoms with van der Waals surface area (Å²) in [5, 5.41) is 3.06. The summed E-state index contributed by atoms with van der Waals surface area (Å²) in [4.78, 5) is 4.07. The SMILES string of the molecule is CNC(c1cncc(OC)c1)c1ccc(F)c(F)c1Br. The summed E-state index contributed by atoms with van der Waals surface area (Å²) in [5.74, 6) is -1.20. The van der Waals surface area contributed by atoms with Crippen LogP contribution in [0.2, 0.25) is 0 Å². The van der Waals surface area contributed by atoms with Crippen LogP contribution < -0.4 is 10.1 Å². The van der Waals surface area contributed by atoms with Gasteiger partial charge in [-0.2, -0.15) is 0 Å². The minimum atomic E-state index is -0.904. The minimum Gasteiger partial charge on any atom is -0.495 e. The standard InChI is InChI=1S/C14H13BrF2N2O/c1-18-14(8-5-9(20-2)7-19-6-8)10-3-4-11(16)13(17)12(10)15/h3-7,14,18H,1-2H3. The predicted octanol–water partition coefficient (Wildman–Crippen LogP) is 3.44. The smallest absolute Gasteiger partial charge is 0.173 e. The van der Waals surface area contributed by atoms with E-state index in [1.165, 1.54) is 6.07 Å². The Labute approximate surface area is 124 Å². The number of hydrogen-bond donors (Lipinski definition) is 1. The van der Waals surface area contributed by atoms with Crippen LogP contribution >= 0.6 is 15.9 Å². The van der Waals surface area contributed by atoms with Gasteiger partial charge in [-0.25, -0.2) is 8.78 Å². The van der Waals surface area contributed by atoms with Crippen LogP contribution in [0.3, 0.4) is 0 Å². The number of benzene rings is 1. The molecule has 1 aromatic carbocycles. The van der Waals surface area contributed by atoms with E-state index in [1.807, 2.05) is 0 Å². The number of ether oxygens (including phenoxy) is 1. The number of nitrogens with zero attached hydrogens (tertiary/aromatic N) is 1. The topological polar surface area (TPSA) is 34.2 Å². The number of methoxy groups -OCH3 is 1.